The fraction of sp³-hybridized carbons (Fsp3) is 0.458. The van der Waals surface area contributed by atoms with Gasteiger partial charge in [0.1, 0.15) is 18.8 Å². The van der Waals surface area contributed by atoms with Crippen molar-refractivity contribution in [2.24, 2.45) is 0 Å². The summed E-state index contributed by atoms with van der Waals surface area (Å²) in [6.07, 6.45) is -0.357. The average molecular weight is 411 g/mol. The van der Waals surface area contributed by atoms with Crippen LogP contribution in [0.2, 0.25) is 0 Å². The standard InChI is InChI=1S/C24H29NO5/c1-17(26)28-16-20-23(27)24(30-15-19-10-6-3-7-11-19)22-21(12-13-25(20)22)29-14-18-8-4-2-5-9-18/h2-11,20-24,27H,12-16H2,1H3/t20-,21+,22?,23-,24-/m1/s1. The minimum atomic E-state index is -0.749. The van der Waals surface area contributed by atoms with E-state index in [4.69, 9.17) is 14.2 Å². The molecule has 0 radical (unpaired) electrons. The van der Waals surface area contributed by atoms with E-state index in [1.165, 1.54) is 6.92 Å². The minimum Gasteiger partial charge on any atom is -0.464 e. The third-order valence-electron chi connectivity index (χ3n) is 5.98. The molecule has 2 heterocycles. The first kappa shape index (κ1) is 21.0. The molecule has 1 unspecified atom stereocenters. The molecule has 6 heteroatoms. The lowest BCUT2D eigenvalue weighted by Crippen LogP contribution is -2.42. The molecule has 2 aliphatic rings. The summed E-state index contributed by atoms with van der Waals surface area (Å²) in [6, 6.07) is 19.6. The summed E-state index contributed by atoms with van der Waals surface area (Å²) in [5, 5.41) is 11.0. The number of carbonyl (C=O) groups is 1. The summed E-state index contributed by atoms with van der Waals surface area (Å²) >= 11 is 0. The maximum absolute atomic E-state index is 11.3. The van der Waals surface area contributed by atoms with Crippen LogP contribution in [0.1, 0.15) is 24.5 Å². The smallest absolute Gasteiger partial charge is 0.302 e. The second kappa shape index (κ2) is 9.71. The van der Waals surface area contributed by atoms with Gasteiger partial charge in [0.05, 0.1) is 31.4 Å². The van der Waals surface area contributed by atoms with Crippen LogP contribution >= 0.6 is 0 Å². The van der Waals surface area contributed by atoms with Crippen molar-refractivity contribution in [2.75, 3.05) is 13.2 Å². The highest BCUT2D eigenvalue weighted by Crippen LogP contribution is 2.37. The lowest BCUT2D eigenvalue weighted by atomic mass is 10.0. The van der Waals surface area contributed by atoms with Crippen molar-refractivity contribution in [1.82, 2.24) is 4.90 Å². The number of carbonyl (C=O) groups excluding carboxylic acids is 1. The number of nitrogens with zero attached hydrogens (tertiary/aromatic N) is 1. The Morgan fingerprint density at radius 3 is 2.20 bits per heavy atom. The molecule has 30 heavy (non-hydrogen) atoms. The van der Waals surface area contributed by atoms with Crippen molar-refractivity contribution < 1.29 is 24.1 Å². The van der Waals surface area contributed by atoms with Crippen molar-refractivity contribution in [1.29, 1.82) is 0 Å². The molecule has 2 fully saturated rings. The van der Waals surface area contributed by atoms with E-state index >= 15 is 0 Å². The molecule has 2 aliphatic heterocycles. The van der Waals surface area contributed by atoms with Gasteiger partial charge in [-0.15, -0.1) is 0 Å². The van der Waals surface area contributed by atoms with E-state index in [2.05, 4.69) is 4.90 Å². The molecule has 5 atom stereocenters. The third-order valence-corrected chi connectivity index (χ3v) is 5.98. The Bertz CT molecular complexity index is 815. The Balaban J connectivity index is 1.47. The zero-order valence-electron chi connectivity index (χ0n) is 17.2. The van der Waals surface area contributed by atoms with Crippen molar-refractivity contribution >= 4 is 5.97 Å². The van der Waals surface area contributed by atoms with E-state index < -0.39 is 12.2 Å². The lowest BCUT2D eigenvalue weighted by Gasteiger charge is -2.27. The van der Waals surface area contributed by atoms with Gasteiger partial charge in [-0.25, -0.2) is 0 Å². The quantitative estimate of drug-likeness (QED) is 0.674. The van der Waals surface area contributed by atoms with E-state index in [-0.39, 0.29) is 30.8 Å². The molecular weight excluding hydrogens is 382 g/mol. The van der Waals surface area contributed by atoms with Gasteiger partial charge in [0.2, 0.25) is 0 Å². The molecule has 4 rings (SSSR count). The van der Waals surface area contributed by atoms with E-state index in [1.807, 2.05) is 60.7 Å². The molecule has 0 aromatic heterocycles. The summed E-state index contributed by atoms with van der Waals surface area (Å²) in [7, 11) is 0. The summed E-state index contributed by atoms with van der Waals surface area (Å²) in [6.45, 7) is 3.25. The SMILES string of the molecule is CC(=O)OC[C@@H]1[C@@H](O)[C@H](OCc2ccccc2)C2[C@@H](OCc3ccccc3)CCN21. The summed E-state index contributed by atoms with van der Waals surface area (Å²) < 4.78 is 17.7. The van der Waals surface area contributed by atoms with Crippen LogP contribution in [0, 0.1) is 0 Å². The fourth-order valence-corrected chi connectivity index (χ4v) is 4.53. The molecule has 1 N–H and O–H groups in total. The van der Waals surface area contributed by atoms with Crippen LogP contribution in [0.4, 0.5) is 0 Å². The molecule has 0 spiro atoms. The second-order valence-electron chi connectivity index (χ2n) is 7.97. The van der Waals surface area contributed by atoms with Gasteiger partial charge in [0, 0.05) is 13.5 Å². The van der Waals surface area contributed by atoms with Gasteiger partial charge in [0.25, 0.3) is 0 Å². The van der Waals surface area contributed by atoms with E-state index in [9.17, 15) is 9.90 Å². The zero-order chi connectivity index (χ0) is 20.9. The maximum atomic E-state index is 11.3. The first-order chi connectivity index (χ1) is 14.6. The van der Waals surface area contributed by atoms with Gasteiger partial charge >= 0.3 is 5.97 Å². The van der Waals surface area contributed by atoms with Crippen molar-refractivity contribution in [3.05, 3.63) is 71.8 Å². The van der Waals surface area contributed by atoms with Crippen LogP contribution in [-0.2, 0) is 32.2 Å². The highest BCUT2D eigenvalue weighted by atomic mass is 16.5. The highest BCUT2D eigenvalue weighted by molar-refractivity contribution is 5.65. The van der Waals surface area contributed by atoms with Crippen LogP contribution in [0.25, 0.3) is 0 Å². The predicted molar refractivity (Wildman–Crippen MR) is 112 cm³/mol. The maximum Gasteiger partial charge on any atom is 0.302 e. The minimum absolute atomic E-state index is 0.0528. The van der Waals surface area contributed by atoms with Crippen molar-refractivity contribution in [2.45, 2.75) is 57.0 Å². The van der Waals surface area contributed by atoms with Crippen LogP contribution in [0.5, 0.6) is 0 Å². The van der Waals surface area contributed by atoms with Gasteiger partial charge in [-0.05, 0) is 17.5 Å². The summed E-state index contributed by atoms with van der Waals surface area (Å²) in [5.74, 6) is -0.344. The number of hydrogen-bond donors (Lipinski definition) is 1. The lowest BCUT2D eigenvalue weighted by molar-refractivity contribution is -0.143. The Morgan fingerprint density at radius 2 is 1.60 bits per heavy atom. The Hall–Kier alpha value is -2.25. The molecule has 0 aliphatic carbocycles. The van der Waals surface area contributed by atoms with Gasteiger partial charge < -0.3 is 19.3 Å². The van der Waals surface area contributed by atoms with Crippen LogP contribution in [0.3, 0.4) is 0 Å². The average Bonchev–Trinajstić information content (AvgIpc) is 3.28. The number of rotatable bonds is 8. The molecule has 2 aromatic carbocycles. The molecule has 0 saturated carbocycles. The number of benzene rings is 2. The van der Waals surface area contributed by atoms with Crippen LogP contribution < -0.4 is 0 Å². The van der Waals surface area contributed by atoms with Crippen LogP contribution in [-0.4, -0.2) is 59.5 Å². The normalized spacial score (nSPS) is 28.4. The molecule has 6 nitrogen and oxygen atoms in total. The van der Waals surface area contributed by atoms with Crippen molar-refractivity contribution in [3.63, 3.8) is 0 Å². The Morgan fingerprint density at radius 1 is 1.00 bits per heavy atom. The summed E-state index contributed by atoms with van der Waals surface area (Å²) in [5.41, 5.74) is 2.17. The first-order valence-corrected chi connectivity index (χ1v) is 10.5. The zero-order valence-corrected chi connectivity index (χ0v) is 17.2. The van der Waals surface area contributed by atoms with Crippen molar-refractivity contribution in [3.8, 4) is 0 Å². The predicted octanol–water partition coefficient (Wildman–Crippen LogP) is 2.54. The van der Waals surface area contributed by atoms with Gasteiger partial charge in [-0.3, -0.25) is 9.69 Å². The van der Waals surface area contributed by atoms with E-state index in [1.54, 1.807) is 0 Å². The first-order valence-electron chi connectivity index (χ1n) is 10.5. The number of ether oxygens (including phenoxy) is 3. The number of aliphatic hydroxyl groups excluding tert-OH is 1. The van der Waals surface area contributed by atoms with Gasteiger partial charge in [-0.1, -0.05) is 60.7 Å². The fourth-order valence-electron chi connectivity index (χ4n) is 4.53. The number of fused-ring (bicyclic) bond motifs is 1. The largest absolute Gasteiger partial charge is 0.464 e. The van der Waals surface area contributed by atoms with E-state index in [0.29, 0.717) is 13.2 Å². The molecule has 0 bridgehead atoms. The van der Waals surface area contributed by atoms with Gasteiger partial charge in [-0.2, -0.15) is 0 Å². The number of esters is 1. The third kappa shape index (κ3) is 4.73. The molecule has 2 saturated heterocycles. The van der Waals surface area contributed by atoms with Crippen LogP contribution in [0.15, 0.2) is 60.7 Å². The molecule has 0 amide bonds. The molecular formula is C24H29NO5. The summed E-state index contributed by atoms with van der Waals surface area (Å²) in [4.78, 5) is 13.5. The van der Waals surface area contributed by atoms with E-state index in [0.717, 1.165) is 24.1 Å². The highest BCUT2D eigenvalue weighted by Gasteiger charge is 2.55. The Labute approximate surface area is 177 Å². The monoisotopic (exact) mass is 411 g/mol. The number of hydrogen-bond acceptors (Lipinski definition) is 6. The second-order valence-corrected chi connectivity index (χ2v) is 7.97. The number of aliphatic hydroxyl groups is 1. The molecule has 2 aromatic rings. The topological polar surface area (TPSA) is 68.2 Å². The van der Waals surface area contributed by atoms with Gasteiger partial charge in [0.15, 0.2) is 0 Å². The Kier molecular flexibility index (Phi) is 6.79. The molecule has 160 valence electrons.